The molecule has 0 aliphatic carbocycles. The van der Waals surface area contributed by atoms with Crippen molar-refractivity contribution in [1.29, 1.82) is 0 Å². The van der Waals surface area contributed by atoms with E-state index in [1.165, 1.54) is 56.3 Å². The summed E-state index contributed by atoms with van der Waals surface area (Å²) in [6, 6.07) is 11.3. The van der Waals surface area contributed by atoms with Crippen LogP contribution in [0.4, 0.5) is 5.82 Å². The average molecular weight is 412 g/mol. The number of nitrogens with one attached hydrogen (secondary N) is 1. The molecule has 0 unspecified atom stereocenters. The van der Waals surface area contributed by atoms with Crippen molar-refractivity contribution in [2.75, 3.05) is 37.3 Å². The van der Waals surface area contributed by atoms with Gasteiger partial charge in [0.1, 0.15) is 5.82 Å². The van der Waals surface area contributed by atoms with Crippen LogP contribution in [0.3, 0.4) is 0 Å². The predicted octanol–water partition coefficient (Wildman–Crippen LogP) is 3.94. The molecule has 1 aromatic carbocycles. The van der Waals surface area contributed by atoms with Crippen molar-refractivity contribution < 1.29 is 0 Å². The number of hydrogen-bond acceptors (Lipinski definition) is 6. The van der Waals surface area contributed by atoms with Gasteiger partial charge >= 0.3 is 0 Å². The van der Waals surface area contributed by atoms with Crippen molar-refractivity contribution in [2.24, 2.45) is 0 Å². The molecule has 2 aromatic rings. The quantitative estimate of drug-likeness (QED) is 0.550. The normalized spacial score (nSPS) is 18.9. The van der Waals surface area contributed by atoms with Gasteiger partial charge in [0.15, 0.2) is 5.16 Å². The smallest absolute Gasteiger partial charge is 0.189 e. The minimum atomic E-state index is 0.757. The van der Waals surface area contributed by atoms with Gasteiger partial charge in [-0.3, -0.25) is 0 Å². The fraction of sp³-hybridized carbons (Fsp3) is 0.565. The Balaban J connectivity index is 1.39. The molecule has 156 valence electrons. The molecular formula is C23H33N5S. The van der Waals surface area contributed by atoms with Crippen LogP contribution in [0.15, 0.2) is 41.7 Å². The molecule has 29 heavy (non-hydrogen) atoms. The summed E-state index contributed by atoms with van der Waals surface area (Å²) in [5.74, 6) is 1.13. The van der Waals surface area contributed by atoms with Crippen molar-refractivity contribution in [1.82, 2.24) is 20.2 Å². The Morgan fingerprint density at radius 1 is 1.00 bits per heavy atom. The van der Waals surface area contributed by atoms with E-state index in [4.69, 9.17) is 4.98 Å². The lowest BCUT2D eigenvalue weighted by Gasteiger charge is -2.41. The van der Waals surface area contributed by atoms with Gasteiger partial charge in [-0.05, 0) is 50.6 Å². The highest BCUT2D eigenvalue weighted by Crippen LogP contribution is 2.27. The van der Waals surface area contributed by atoms with E-state index < -0.39 is 0 Å². The van der Waals surface area contributed by atoms with Crippen LogP contribution in [-0.4, -0.2) is 53.3 Å². The molecule has 6 heteroatoms. The molecule has 0 atom stereocenters. The summed E-state index contributed by atoms with van der Waals surface area (Å²) in [6.45, 7) is 6.44. The van der Waals surface area contributed by atoms with Crippen molar-refractivity contribution in [3.63, 3.8) is 0 Å². The lowest BCUT2D eigenvalue weighted by atomic mass is 9.99. The number of aromatic nitrogens is 2. The number of thioether (sulfide) groups is 1. The van der Waals surface area contributed by atoms with Crippen LogP contribution in [0.25, 0.3) is 0 Å². The lowest BCUT2D eigenvalue weighted by molar-refractivity contribution is 0.141. The SMILES string of the molecule is CSc1ncc(CNCc2ccccc2)c(N2CCC(N3CCCCC3)CC2)n1. The summed E-state index contributed by atoms with van der Waals surface area (Å²) >= 11 is 1.62. The minimum absolute atomic E-state index is 0.757. The van der Waals surface area contributed by atoms with E-state index in [-0.39, 0.29) is 0 Å². The van der Waals surface area contributed by atoms with Crippen LogP contribution in [0.1, 0.15) is 43.2 Å². The van der Waals surface area contributed by atoms with Crippen LogP contribution < -0.4 is 10.2 Å². The minimum Gasteiger partial charge on any atom is -0.356 e. The van der Waals surface area contributed by atoms with Crippen LogP contribution in [0.5, 0.6) is 0 Å². The molecule has 0 bridgehead atoms. The van der Waals surface area contributed by atoms with Gasteiger partial charge < -0.3 is 15.1 Å². The Labute approximate surface area is 179 Å². The van der Waals surface area contributed by atoms with Crippen LogP contribution >= 0.6 is 11.8 Å². The maximum atomic E-state index is 4.90. The molecule has 2 aliphatic rings. The Morgan fingerprint density at radius 3 is 2.48 bits per heavy atom. The number of nitrogens with zero attached hydrogens (tertiary/aromatic N) is 4. The van der Waals surface area contributed by atoms with Gasteiger partial charge in [0.2, 0.25) is 0 Å². The molecule has 4 rings (SSSR count). The van der Waals surface area contributed by atoms with E-state index in [0.29, 0.717) is 0 Å². The largest absolute Gasteiger partial charge is 0.356 e. The zero-order valence-corrected chi connectivity index (χ0v) is 18.3. The highest BCUT2D eigenvalue weighted by Gasteiger charge is 2.27. The van der Waals surface area contributed by atoms with Gasteiger partial charge in [0.25, 0.3) is 0 Å². The molecule has 0 amide bonds. The second kappa shape index (κ2) is 10.4. The van der Waals surface area contributed by atoms with E-state index in [2.05, 4.69) is 56.7 Å². The summed E-state index contributed by atoms with van der Waals surface area (Å²) in [6.07, 6.45) is 10.7. The Morgan fingerprint density at radius 2 is 1.76 bits per heavy atom. The van der Waals surface area contributed by atoms with Crippen LogP contribution in [0, 0.1) is 0 Å². The zero-order valence-electron chi connectivity index (χ0n) is 17.5. The third kappa shape index (κ3) is 5.50. The van der Waals surface area contributed by atoms with Crippen molar-refractivity contribution in [2.45, 2.75) is 56.4 Å². The second-order valence-corrected chi connectivity index (χ2v) is 8.88. The molecule has 1 aromatic heterocycles. The summed E-state index contributed by atoms with van der Waals surface area (Å²) in [7, 11) is 0. The first-order valence-electron chi connectivity index (χ1n) is 11.0. The van der Waals surface area contributed by atoms with E-state index in [9.17, 15) is 0 Å². The van der Waals surface area contributed by atoms with Gasteiger partial charge in [-0.15, -0.1) is 0 Å². The summed E-state index contributed by atoms with van der Waals surface area (Å²) < 4.78 is 0. The first-order chi connectivity index (χ1) is 14.3. The van der Waals surface area contributed by atoms with Gasteiger partial charge in [-0.25, -0.2) is 9.97 Å². The van der Waals surface area contributed by atoms with Gasteiger partial charge in [0.05, 0.1) is 0 Å². The summed E-state index contributed by atoms with van der Waals surface area (Å²) in [5, 5.41) is 4.44. The van der Waals surface area contributed by atoms with Gasteiger partial charge in [-0.1, -0.05) is 48.5 Å². The first kappa shape index (κ1) is 20.6. The third-order valence-corrected chi connectivity index (χ3v) is 6.72. The Hall–Kier alpha value is -1.63. The third-order valence-electron chi connectivity index (χ3n) is 6.16. The number of rotatable bonds is 7. The number of hydrogen-bond donors (Lipinski definition) is 1. The molecule has 2 aliphatic heterocycles. The molecule has 5 nitrogen and oxygen atoms in total. The molecule has 2 fully saturated rings. The maximum absolute atomic E-state index is 4.90. The van der Waals surface area contributed by atoms with Crippen LogP contribution in [0.2, 0.25) is 0 Å². The number of anilines is 1. The van der Waals surface area contributed by atoms with Gasteiger partial charge in [-0.2, -0.15) is 0 Å². The topological polar surface area (TPSA) is 44.3 Å². The number of benzene rings is 1. The fourth-order valence-corrected chi connectivity index (χ4v) is 4.88. The van der Waals surface area contributed by atoms with Crippen LogP contribution in [-0.2, 0) is 13.1 Å². The number of likely N-dealkylation sites (tertiary alicyclic amines) is 1. The molecule has 3 heterocycles. The summed E-state index contributed by atoms with van der Waals surface area (Å²) in [4.78, 5) is 14.7. The molecular weight excluding hydrogens is 378 g/mol. The van der Waals surface area contributed by atoms with Gasteiger partial charge in [0, 0.05) is 44.0 Å². The fourth-order valence-electron chi connectivity index (χ4n) is 4.54. The highest BCUT2D eigenvalue weighted by molar-refractivity contribution is 7.98. The molecule has 0 saturated carbocycles. The highest BCUT2D eigenvalue weighted by atomic mass is 32.2. The molecule has 2 saturated heterocycles. The Bertz CT molecular complexity index is 755. The van der Waals surface area contributed by atoms with E-state index in [1.54, 1.807) is 11.8 Å². The number of piperidine rings is 2. The molecule has 0 radical (unpaired) electrons. The van der Waals surface area contributed by atoms with Crippen molar-refractivity contribution in [3.05, 3.63) is 47.7 Å². The predicted molar refractivity (Wildman–Crippen MR) is 121 cm³/mol. The Kier molecular flexibility index (Phi) is 7.41. The lowest BCUT2D eigenvalue weighted by Crippen LogP contribution is -2.47. The average Bonchev–Trinajstić information content (AvgIpc) is 2.81. The molecule has 1 N–H and O–H groups in total. The first-order valence-corrected chi connectivity index (χ1v) is 12.2. The second-order valence-electron chi connectivity index (χ2n) is 8.11. The van der Waals surface area contributed by atoms with E-state index in [0.717, 1.165) is 43.2 Å². The van der Waals surface area contributed by atoms with E-state index >= 15 is 0 Å². The maximum Gasteiger partial charge on any atom is 0.189 e. The zero-order chi connectivity index (χ0) is 19.9. The van der Waals surface area contributed by atoms with Crippen molar-refractivity contribution >= 4 is 17.6 Å². The summed E-state index contributed by atoms with van der Waals surface area (Å²) in [5.41, 5.74) is 2.51. The monoisotopic (exact) mass is 411 g/mol. The van der Waals surface area contributed by atoms with E-state index in [1.807, 2.05) is 6.20 Å². The standard InChI is InChI=1S/C23H33N5S/c1-29-23-25-18-20(17-24-16-19-8-4-2-5-9-19)22(26-23)28-14-10-21(11-15-28)27-12-6-3-7-13-27/h2,4-5,8-9,18,21,24H,3,6-7,10-17H2,1H3. The van der Waals surface area contributed by atoms with Crippen molar-refractivity contribution in [3.8, 4) is 0 Å². The molecule has 0 spiro atoms.